The van der Waals surface area contributed by atoms with Gasteiger partial charge in [0.1, 0.15) is 0 Å². The molecule has 5 nitrogen and oxygen atoms in total. The maximum atomic E-state index is 11.5. The molecular formula is C15H17N3O2. The molecule has 5 heteroatoms. The van der Waals surface area contributed by atoms with E-state index in [-0.39, 0.29) is 30.8 Å². The lowest BCUT2D eigenvalue weighted by atomic mass is 10.2. The lowest BCUT2D eigenvalue weighted by molar-refractivity contribution is -0.124. The van der Waals surface area contributed by atoms with Crippen LogP contribution in [0.5, 0.6) is 0 Å². The average molecular weight is 271 g/mol. The molecule has 0 aliphatic carbocycles. The first-order valence-electron chi connectivity index (χ1n) is 6.29. The van der Waals surface area contributed by atoms with Crippen molar-refractivity contribution in [2.75, 3.05) is 6.54 Å². The monoisotopic (exact) mass is 271 g/mol. The highest BCUT2D eigenvalue weighted by molar-refractivity contribution is 5.94. The molecule has 0 unspecified atom stereocenters. The topological polar surface area (TPSA) is 82.0 Å². The average Bonchev–Trinajstić information content (AvgIpc) is 2.44. The Morgan fingerprint density at radius 1 is 1.35 bits per heavy atom. The van der Waals surface area contributed by atoms with Crippen LogP contribution >= 0.6 is 0 Å². The predicted molar refractivity (Wildman–Crippen MR) is 76.3 cm³/mol. The lowest BCUT2D eigenvalue weighted by Gasteiger charge is -2.10. The van der Waals surface area contributed by atoms with Crippen LogP contribution in [-0.2, 0) is 9.59 Å². The SMILES string of the molecule is C[C@H](CC#N)NC(=O)CNC(=O)/C=C/c1ccccc1. The molecule has 0 aliphatic heterocycles. The first kappa shape index (κ1) is 15.4. The van der Waals surface area contributed by atoms with E-state index in [4.69, 9.17) is 5.26 Å². The van der Waals surface area contributed by atoms with Crippen molar-refractivity contribution in [3.8, 4) is 6.07 Å². The van der Waals surface area contributed by atoms with Crippen molar-refractivity contribution in [1.29, 1.82) is 5.26 Å². The van der Waals surface area contributed by atoms with E-state index in [1.165, 1.54) is 6.08 Å². The zero-order valence-electron chi connectivity index (χ0n) is 11.3. The Labute approximate surface area is 118 Å². The first-order chi connectivity index (χ1) is 9.61. The summed E-state index contributed by atoms with van der Waals surface area (Å²) in [5.41, 5.74) is 0.912. The molecule has 20 heavy (non-hydrogen) atoms. The fourth-order valence-corrected chi connectivity index (χ4v) is 1.48. The van der Waals surface area contributed by atoms with E-state index in [0.717, 1.165) is 5.56 Å². The Hall–Kier alpha value is -2.61. The summed E-state index contributed by atoms with van der Waals surface area (Å²) in [5, 5.41) is 13.6. The van der Waals surface area contributed by atoms with Crippen molar-refractivity contribution in [3.05, 3.63) is 42.0 Å². The van der Waals surface area contributed by atoms with Crippen LogP contribution in [0.4, 0.5) is 0 Å². The molecule has 0 fully saturated rings. The van der Waals surface area contributed by atoms with E-state index in [2.05, 4.69) is 10.6 Å². The minimum absolute atomic E-state index is 0.103. The predicted octanol–water partition coefficient (Wildman–Crippen LogP) is 1.23. The molecular weight excluding hydrogens is 254 g/mol. The summed E-state index contributed by atoms with van der Waals surface area (Å²) in [6.45, 7) is 1.63. The number of benzene rings is 1. The molecule has 1 aromatic carbocycles. The van der Waals surface area contributed by atoms with E-state index >= 15 is 0 Å². The van der Waals surface area contributed by atoms with Gasteiger partial charge in [-0.25, -0.2) is 0 Å². The van der Waals surface area contributed by atoms with Crippen molar-refractivity contribution < 1.29 is 9.59 Å². The van der Waals surface area contributed by atoms with Gasteiger partial charge in [0.2, 0.25) is 11.8 Å². The Morgan fingerprint density at radius 3 is 2.70 bits per heavy atom. The van der Waals surface area contributed by atoms with Crippen LogP contribution in [0.2, 0.25) is 0 Å². The molecule has 0 spiro atoms. The van der Waals surface area contributed by atoms with Gasteiger partial charge in [0, 0.05) is 12.1 Å². The zero-order chi connectivity index (χ0) is 14.8. The molecule has 2 amide bonds. The third-order valence-electron chi connectivity index (χ3n) is 2.45. The molecule has 0 aliphatic rings. The third kappa shape index (κ3) is 6.36. The molecule has 2 N–H and O–H groups in total. The zero-order valence-corrected chi connectivity index (χ0v) is 11.3. The fraction of sp³-hybridized carbons (Fsp3) is 0.267. The van der Waals surface area contributed by atoms with Crippen molar-refractivity contribution in [2.45, 2.75) is 19.4 Å². The Bertz CT molecular complexity index is 518. The van der Waals surface area contributed by atoms with Gasteiger partial charge >= 0.3 is 0 Å². The Morgan fingerprint density at radius 2 is 2.05 bits per heavy atom. The molecule has 1 rings (SSSR count). The maximum absolute atomic E-state index is 11.5. The minimum Gasteiger partial charge on any atom is -0.351 e. The first-order valence-corrected chi connectivity index (χ1v) is 6.29. The van der Waals surface area contributed by atoms with Gasteiger partial charge in [0.25, 0.3) is 0 Å². The van der Waals surface area contributed by atoms with Crippen molar-refractivity contribution in [1.82, 2.24) is 10.6 Å². The van der Waals surface area contributed by atoms with Crippen molar-refractivity contribution in [2.24, 2.45) is 0 Å². The van der Waals surface area contributed by atoms with Crippen molar-refractivity contribution in [3.63, 3.8) is 0 Å². The highest BCUT2D eigenvalue weighted by Gasteiger charge is 2.07. The van der Waals surface area contributed by atoms with Crippen LogP contribution in [0.1, 0.15) is 18.9 Å². The Kier molecular flexibility index (Phi) is 6.55. The van der Waals surface area contributed by atoms with E-state index in [9.17, 15) is 9.59 Å². The normalized spacial score (nSPS) is 11.6. The second-order valence-electron chi connectivity index (χ2n) is 4.29. The van der Waals surface area contributed by atoms with Crippen LogP contribution in [0.15, 0.2) is 36.4 Å². The molecule has 1 atom stereocenters. The van der Waals surface area contributed by atoms with Crippen LogP contribution in [0.25, 0.3) is 6.08 Å². The summed E-state index contributed by atoms with van der Waals surface area (Å²) in [4.78, 5) is 22.9. The second kappa shape index (κ2) is 8.48. The van der Waals surface area contributed by atoms with E-state index in [1.807, 2.05) is 36.4 Å². The molecule has 0 saturated carbocycles. The van der Waals surface area contributed by atoms with E-state index in [1.54, 1.807) is 13.0 Å². The summed E-state index contributed by atoms with van der Waals surface area (Å²) in [6, 6.07) is 11.1. The summed E-state index contributed by atoms with van der Waals surface area (Å²) in [6.07, 6.45) is 3.29. The lowest BCUT2D eigenvalue weighted by Crippen LogP contribution is -2.40. The summed E-state index contributed by atoms with van der Waals surface area (Å²) in [5.74, 6) is -0.647. The summed E-state index contributed by atoms with van der Waals surface area (Å²) in [7, 11) is 0. The number of nitriles is 1. The van der Waals surface area contributed by atoms with Gasteiger partial charge in [-0.1, -0.05) is 30.3 Å². The number of hydrogen-bond donors (Lipinski definition) is 2. The largest absolute Gasteiger partial charge is 0.351 e. The van der Waals surface area contributed by atoms with Gasteiger partial charge in [0.15, 0.2) is 0 Å². The number of rotatable bonds is 6. The molecule has 0 saturated heterocycles. The quantitative estimate of drug-likeness (QED) is 0.764. The van der Waals surface area contributed by atoms with Gasteiger partial charge in [-0.15, -0.1) is 0 Å². The third-order valence-corrected chi connectivity index (χ3v) is 2.45. The van der Waals surface area contributed by atoms with Gasteiger partial charge in [-0.05, 0) is 18.6 Å². The molecule has 1 aromatic rings. The van der Waals surface area contributed by atoms with Crippen molar-refractivity contribution >= 4 is 17.9 Å². The van der Waals surface area contributed by atoms with Crippen LogP contribution in [0, 0.1) is 11.3 Å². The number of amides is 2. The van der Waals surface area contributed by atoms with Gasteiger partial charge < -0.3 is 10.6 Å². The number of carbonyl (C=O) groups is 2. The summed E-state index contributed by atoms with van der Waals surface area (Å²) >= 11 is 0. The highest BCUT2D eigenvalue weighted by atomic mass is 16.2. The second-order valence-corrected chi connectivity index (χ2v) is 4.29. The fourth-order valence-electron chi connectivity index (χ4n) is 1.48. The van der Waals surface area contributed by atoms with Gasteiger partial charge in [-0.2, -0.15) is 5.26 Å². The standard InChI is InChI=1S/C15H17N3O2/c1-12(9-10-16)18-15(20)11-17-14(19)8-7-13-5-3-2-4-6-13/h2-8,12H,9,11H2,1H3,(H,17,19)(H,18,20)/b8-7+/t12-/m1/s1. The molecule has 0 bridgehead atoms. The van der Waals surface area contributed by atoms with Gasteiger partial charge in [0.05, 0.1) is 19.0 Å². The molecule has 0 heterocycles. The van der Waals surface area contributed by atoms with E-state index < -0.39 is 0 Å². The Balaban J connectivity index is 2.31. The van der Waals surface area contributed by atoms with Gasteiger partial charge in [-0.3, -0.25) is 9.59 Å². The maximum Gasteiger partial charge on any atom is 0.244 e. The molecule has 0 aromatic heterocycles. The smallest absolute Gasteiger partial charge is 0.244 e. The highest BCUT2D eigenvalue weighted by Crippen LogP contribution is 2.00. The number of carbonyl (C=O) groups excluding carboxylic acids is 2. The number of nitrogens with one attached hydrogen (secondary N) is 2. The number of nitrogens with zero attached hydrogens (tertiary/aromatic N) is 1. The van der Waals surface area contributed by atoms with Crippen LogP contribution < -0.4 is 10.6 Å². The summed E-state index contributed by atoms with van der Waals surface area (Å²) < 4.78 is 0. The molecule has 0 radical (unpaired) electrons. The van der Waals surface area contributed by atoms with Crippen LogP contribution in [0.3, 0.4) is 0 Å². The molecule has 104 valence electrons. The minimum atomic E-state index is -0.336. The van der Waals surface area contributed by atoms with Crippen LogP contribution in [-0.4, -0.2) is 24.4 Å². The van der Waals surface area contributed by atoms with E-state index in [0.29, 0.717) is 0 Å². The number of hydrogen-bond acceptors (Lipinski definition) is 3.